The molecule has 10 heteroatoms. The standard InChI is InChI=1S/C17H24N6O.C8H9NO.C3H4O/c1-18-16-13-9-23(11-15(13)20-21-16)17(24)19-14(10-22(2)3)12-7-5-4-6-8-12;1-9-8-4-2-7(6-10)3-5-8;1-2-3-4/h4-8,14H,9-11H2,1-3H3,(H,19,24)(H2,18,20,21);2-6,9H,1H3;2-3H,1H2. The van der Waals surface area contributed by atoms with Crippen molar-refractivity contribution >= 4 is 30.1 Å². The van der Waals surface area contributed by atoms with Gasteiger partial charge in [-0.25, -0.2) is 4.79 Å². The molecule has 0 saturated heterocycles. The number of anilines is 2. The van der Waals surface area contributed by atoms with E-state index in [4.69, 9.17) is 4.79 Å². The van der Waals surface area contributed by atoms with Gasteiger partial charge >= 0.3 is 6.03 Å². The number of likely N-dealkylation sites (N-methyl/N-ethyl adjacent to an activating group) is 1. The molecule has 1 unspecified atom stereocenters. The zero-order valence-corrected chi connectivity index (χ0v) is 22.4. The SMILES string of the molecule is C=CC=O.CNc1ccc(C=O)cc1.CNc1n[nH]c2c1CN(C(=O)NC(CN(C)C)c1ccccc1)C2. The zero-order valence-electron chi connectivity index (χ0n) is 22.4. The first-order valence-electron chi connectivity index (χ1n) is 12.1. The molecule has 0 spiro atoms. The number of nitrogens with zero attached hydrogens (tertiary/aromatic N) is 3. The molecule has 10 nitrogen and oxygen atoms in total. The Labute approximate surface area is 224 Å². The van der Waals surface area contributed by atoms with Crippen LogP contribution >= 0.6 is 0 Å². The molecule has 0 fully saturated rings. The van der Waals surface area contributed by atoms with Gasteiger partial charge in [-0.2, -0.15) is 5.10 Å². The number of carbonyl (C=O) groups excluding carboxylic acids is 3. The average molecular weight is 520 g/mol. The zero-order chi connectivity index (χ0) is 27.9. The third kappa shape index (κ3) is 8.90. The molecule has 0 saturated carbocycles. The highest BCUT2D eigenvalue weighted by atomic mass is 16.2. The molecule has 1 atom stereocenters. The summed E-state index contributed by atoms with van der Waals surface area (Å²) in [5.74, 6) is 0.813. The van der Waals surface area contributed by atoms with Crippen molar-refractivity contribution in [1.82, 2.24) is 25.3 Å². The highest BCUT2D eigenvalue weighted by Gasteiger charge is 2.29. The molecule has 2 heterocycles. The number of nitrogens with one attached hydrogen (secondary N) is 4. The number of H-pyrrole nitrogens is 1. The molecule has 0 bridgehead atoms. The van der Waals surface area contributed by atoms with Gasteiger partial charge in [0.05, 0.1) is 24.8 Å². The number of aromatic amines is 1. The van der Waals surface area contributed by atoms with Crippen LogP contribution in [-0.2, 0) is 17.9 Å². The molecule has 3 aromatic rings. The Morgan fingerprint density at radius 1 is 1.08 bits per heavy atom. The molecule has 38 heavy (non-hydrogen) atoms. The lowest BCUT2D eigenvalue weighted by Crippen LogP contribution is -2.42. The Morgan fingerprint density at radius 3 is 2.26 bits per heavy atom. The van der Waals surface area contributed by atoms with Crippen molar-refractivity contribution in [2.45, 2.75) is 19.1 Å². The van der Waals surface area contributed by atoms with Crippen LogP contribution in [0, 0.1) is 0 Å². The van der Waals surface area contributed by atoms with E-state index in [1.165, 1.54) is 6.08 Å². The van der Waals surface area contributed by atoms with Gasteiger partial charge in [-0.05, 0) is 50.0 Å². The van der Waals surface area contributed by atoms with Gasteiger partial charge in [0.25, 0.3) is 0 Å². The second-order valence-electron chi connectivity index (χ2n) is 8.67. The molecule has 202 valence electrons. The smallest absolute Gasteiger partial charge is 0.318 e. The summed E-state index contributed by atoms with van der Waals surface area (Å²) in [6, 6.07) is 17.2. The van der Waals surface area contributed by atoms with Gasteiger partial charge in [-0.1, -0.05) is 36.9 Å². The molecule has 1 aromatic heterocycles. The van der Waals surface area contributed by atoms with Crippen LogP contribution in [0.5, 0.6) is 0 Å². The topological polar surface area (TPSA) is 122 Å². The number of hydrogen-bond acceptors (Lipinski definition) is 7. The molecule has 2 aromatic carbocycles. The van der Waals surface area contributed by atoms with E-state index in [0.717, 1.165) is 41.2 Å². The largest absolute Gasteiger partial charge is 0.388 e. The summed E-state index contributed by atoms with van der Waals surface area (Å²) >= 11 is 0. The van der Waals surface area contributed by atoms with Gasteiger partial charge < -0.3 is 25.8 Å². The van der Waals surface area contributed by atoms with Gasteiger partial charge in [-0.15, -0.1) is 0 Å². The van der Waals surface area contributed by atoms with E-state index in [1.54, 1.807) is 17.0 Å². The number of aldehydes is 2. The van der Waals surface area contributed by atoms with Crippen LogP contribution in [0.4, 0.5) is 16.3 Å². The minimum absolute atomic E-state index is 0.0467. The number of benzene rings is 2. The molecule has 4 N–H and O–H groups in total. The van der Waals surface area contributed by atoms with E-state index in [1.807, 2.05) is 70.7 Å². The summed E-state index contributed by atoms with van der Waals surface area (Å²) < 4.78 is 0. The van der Waals surface area contributed by atoms with Crippen molar-refractivity contribution in [3.8, 4) is 0 Å². The van der Waals surface area contributed by atoms with Crippen LogP contribution < -0.4 is 16.0 Å². The number of carbonyl (C=O) groups is 3. The lowest BCUT2D eigenvalue weighted by molar-refractivity contribution is -0.104. The van der Waals surface area contributed by atoms with Gasteiger partial charge in [0.15, 0.2) is 5.82 Å². The van der Waals surface area contributed by atoms with Crippen LogP contribution in [0.2, 0.25) is 0 Å². The van der Waals surface area contributed by atoms with E-state index >= 15 is 0 Å². The fourth-order valence-corrected chi connectivity index (χ4v) is 3.74. The summed E-state index contributed by atoms with van der Waals surface area (Å²) in [4.78, 5) is 35.8. The van der Waals surface area contributed by atoms with Crippen molar-refractivity contribution in [3.63, 3.8) is 0 Å². The van der Waals surface area contributed by atoms with E-state index in [2.05, 4.69) is 37.6 Å². The first-order chi connectivity index (χ1) is 18.4. The predicted octanol–water partition coefficient (Wildman–Crippen LogP) is 3.69. The van der Waals surface area contributed by atoms with Crippen molar-refractivity contribution in [2.24, 2.45) is 0 Å². The van der Waals surface area contributed by atoms with Crippen LogP contribution in [0.15, 0.2) is 67.3 Å². The van der Waals surface area contributed by atoms with E-state index < -0.39 is 0 Å². The predicted molar refractivity (Wildman–Crippen MR) is 151 cm³/mol. The fourth-order valence-electron chi connectivity index (χ4n) is 3.74. The summed E-state index contributed by atoms with van der Waals surface area (Å²) in [5, 5.41) is 16.4. The molecule has 2 amide bonds. The lowest BCUT2D eigenvalue weighted by Gasteiger charge is -2.26. The molecule has 1 aliphatic heterocycles. The van der Waals surface area contributed by atoms with Crippen LogP contribution in [-0.4, -0.2) is 73.3 Å². The number of amides is 2. The maximum absolute atomic E-state index is 12.7. The van der Waals surface area contributed by atoms with E-state index in [0.29, 0.717) is 24.9 Å². The first-order valence-corrected chi connectivity index (χ1v) is 12.1. The van der Waals surface area contributed by atoms with E-state index in [9.17, 15) is 9.59 Å². The number of urea groups is 1. The molecular weight excluding hydrogens is 482 g/mol. The minimum atomic E-state index is -0.0580. The quantitative estimate of drug-likeness (QED) is 0.264. The van der Waals surface area contributed by atoms with Gasteiger partial charge in [0.2, 0.25) is 0 Å². The molecule has 4 rings (SSSR count). The molecular formula is C28H37N7O3. The highest BCUT2D eigenvalue weighted by Crippen LogP contribution is 2.27. The summed E-state index contributed by atoms with van der Waals surface area (Å²) in [7, 11) is 7.69. The number of rotatable bonds is 8. The molecule has 1 aliphatic rings. The Hall–Kier alpha value is -4.44. The van der Waals surface area contributed by atoms with Crippen LogP contribution in [0.1, 0.15) is 33.2 Å². The summed E-state index contributed by atoms with van der Waals surface area (Å²) in [6.45, 7) is 4.98. The number of fused-ring (bicyclic) bond motifs is 1. The minimum Gasteiger partial charge on any atom is -0.388 e. The Kier molecular flexibility index (Phi) is 12.2. The Morgan fingerprint density at radius 2 is 1.74 bits per heavy atom. The number of aromatic nitrogens is 2. The maximum atomic E-state index is 12.7. The monoisotopic (exact) mass is 519 g/mol. The normalized spacial score (nSPS) is 12.1. The Bertz CT molecular complexity index is 1150. The molecule has 0 radical (unpaired) electrons. The number of allylic oxidation sites excluding steroid dienone is 1. The van der Waals surface area contributed by atoms with Crippen molar-refractivity contribution in [2.75, 3.05) is 45.4 Å². The summed E-state index contributed by atoms with van der Waals surface area (Å²) in [5.41, 5.74) is 4.90. The Balaban J connectivity index is 0.000000299. The van der Waals surface area contributed by atoms with E-state index in [-0.39, 0.29) is 12.1 Å². The third-order valence-electron chi connectivity index (χ3n) is 5.65. The highest BCUT2D eigenvalue weighted by molar-refractivity contribution is 5.76. The van der Waals surface area contributed by atoms with Crippen molar-refractivity contribution in [3.05, 3.63) is 89.6 Å². The van der Waals surface area contributed by atoms with Gasteiger partial charge in [0, 0.05) is 37.5 Å². The first kappa shape index (κ1) is 29.8. The fraction of sp³-hybridized carbons (Fsp3) is 0.286. The van der Waals surface area contributed by atoms with Crippen molar-refractivity contribution < 1.29 is 14.4 Å². The number of hydrogen-bond donors (Lipinski definition) is 4. The van der Waals surface area contributed by atoms with Crippen LogP contribution in [0.3, 0.4) is 0 Å². The maximum Gasteiger partial charge on any atom is 0.318 e. The average Bonchev–Trinajstić information content (AvgIpc) is 3.54. The van der Waals surface area contributed by atoms with Crippen LogP contribution in [0.25, 0.3) is 0 Å². The second kappa shape index (κ2) is 15.6. The van der Waals surface area contributed by atoms with Gasteiger partial charge in [0.1, 0.15) is 12.6 Å². The third-order valence-corrected chi connectivity index (χ3v) is 5.65. The van der Waals surface area contributed by atoms with Gasteiger partial charge in [-0.3, -0.25) is 14.7 Å². The van der Waals surface area contributed by atoms with Crippen molar-refractivity contribution in [1.29, 1.82) is 0 Å². The second-order valence-corrected chi connectivity index (χ2v) is 8.67. The lowest BCUT2D eigenvalue weighted by atomic mass is 10.1. The summed E-state index contributed by atoms with van der Waals surface area (Å²) in [6.07, 6.45) is 2.67. The molecule has 0 aliphatic carbocycles.